The van der Waals surface area contributed by atoms with Gasteiger partial charge in [-0.05, 0) is 44.9 Å². The molecule has 2 amide bonds. The summed E-state index contributed by atoms with van der Waals surface area (Å²) in [5, 5.41) is 9.93. The molecule has 1 aromatic carbocycles. The summed E-state index contributed by atoms with van der Waals surface area (Å²) in [6.07, 6.45) is 3.36. The van der Waals surface area contributed by atoms with Crippen LogP contribution in [0, 0.1) is 6.92 Å². The molecule has 1 aliphatic heterocycles. The molecule has 2 N–H and O–H groups in total. The zero-order valence-electron chi connectivity index (χ0n) is 17.9. The zero-order valence-corrected chi connectivity index (χ0v) is 17.9. The van der Waals surface area contributed by atoms with Gasteiger partial charge in [-0.1, -0.05) is 16.8 Å². The van der Waals surface area contributed by atoms with Gasteiger partial charge in [-0.15, -0.1) is 0 Å². The summed E-state index contributed by atoms with van der Waals surface area (Å²) in [6.45, 7) is 4.89. The summed E-state index contributed by atoms with van der Waals surface area (Å²) in [6, 6.07) is 5.52. The third-order valence-corrected chi connectivity index (χ3v) is 5.44. The molecule has 0 atom stereocenters. The number of ether oxygens (including phenoxy) is 1. The topological polar surface area (TPSA) is 110 Å². The van der Waals surface area contributed by atoms with Crippen molar-refractivity contribution in [2.24, 2.45) is 0 Å². The number of carbonyl (C=O) groups is 2. The summed E-state index contributed by atoms with van der Waals surface area (Å²) in [7, 11) is 0. The molecule has 166 valence electrons. The Hall–Kier alpha value is -2.94. The summed E-state index contributed by atoms with van der Waals surface area (Å²) in [5.74, 6) is 2.13. The maximum absolute atomic E-state index is 12.8. The number of amides is 2. The molecular formula is C22H29N5O4. The van der Waals surface area contributed by atoms with Crippen molar-refractivity contribution in [3.63, 3.8) is 0 Å². The molecule has 4 rings (SSSR count). The lowest BCUT2D eigenvalue weighted by Gasteiger charge is -2.20. The quantitative estimate of drug-likeness (QED) is 0.768. The third-order valence-electron chi connectivity index (χ3n) is 5.44. The number of rotatable bonds is 3. The second kappa shape index (κ2) is 9.91. The van der Waals surface area contributed by atoms with E-state index in [9.17, 15) is 9.59 Å². The van der Waals surface area contributed by atoms with Crippen LogP contribution in [-0.2, 0) is 11.3 Å². The van der Waals surface area contributed by atoms with Crippen molar-refractivity contribution in [1.82, 2.24) is 25.7 Å². The molecular weight excluding hydrogens is 398 g/mol. The van der Waals surface area contributed by atoms with Gasteiger partial charge in [0.15, 0.2) is 5.82 Å². The molecule has 1 aromatic heterocycles. The molecule has 9 nitrogen and oxygen atoms in total. The molecule has 2 heterocycles. The average Bonchev–Trinajstić information content (AvgIpc) is 3.50. The lowest BCUT2D eigenvalue weighted by atomic mass is 10.1. The number of hydrogen-bond donors (Lipinski definition) is 2. The fraction of sp³-hybridized carbons (Fsp3) is 0.545. The molecule has 0 saturated heterocycles. The highest BCUT2D eigenvalue weighted by Gasteiger charge is 2.29. The minimum absolute atomic E-state index is 0.00874. The van der Waals surface area contributed by atoms with Crippen LogP contribution >= 0.6 is 0 Å². The standard InChI is InChI=1S/C22H29N5O4/c1-15-4-7-18-17(13-15)22(29)24-8-11-27(10-2-3-19(28)23-9-12-30-18)14-20-25-21(26-31-20)16-5-6-16/h4,7,13,16H,2-3,5-6,8-12,14H2,1H3,(H,23,28)(H,24,29). The fourth-order valence-electron chi connectivity index (χ4n) is 3.57. The molecule has 2 aliphatic rings. The van der Waals surface area contributed by atoms with Gasteiger partial charge in [0.25, 0.3) is 5.91 Å². The molecule has 1 fully saturated rings. The van der Waals surface area contributed by atoms with Crippen molar-refractivity contribution in [3.05, 3.63) is 41.0 Å². The van der Waals surface area contributed by atoms with E-state index in [1.54, 1.807) is 6.07 Å². The third kappa shape index (κ3) is 6.04. The Morgan fingerprint density at radius 3 is 2.87 bits per heavy atom. The fourth-order valence-corrected chi connectivity index (χ4v) is 3.57. The van der Waals surface area contributed by atoms with Gasteiger partial charge >= 0.3 is 0 Å². The Kier molecular flexibility index (Phi) is 6.81. The number of hydrogen-bond acceptors (Lipinski definition) is 7. The number of aryl methyl sites for hydroxylation is 1. The molecule has 0 radical (unpaired) electrons. The van der Waals surface area contributed by atoms with Gasteiger partial charge in [0.2, 0.25) is 11.8 Å². The molecule has 2 aromatic rings. The molecule has 0 spiro atoms. The van der Waals surface area contributed by atoms with Crippen molar-refractivity contribution >= 4 is 11.8 Å². The van der Waals surface area contributed by atoms with Gasteiger partial charge < -0.3 is 19.9 Å². The molecule has 0 unspecified atom stereocenters. The highest BCUT2D eigenvalue weighted by atomic mass is 16.5. The van der Waals surface area contributed by atoms with Crippen molar-refractivity contribution in [2.45, 2.75) is 45.1 Å². The second-order valence-electron chi connectivity index (χ2n) is 8.15. The van der Waals surface area contributed by atoms with E-state index >= 15 is 0 Å². The summed E-state index contributed by atoms with van der Waals surface area (Å²) in [4.78, 5) is 31.5. The minimum Gasteiger partial charge on any atom is -0.491 e. The number of carbonyl (C=O) groups excluding carboxylic acids is 2. The Labute approximate surface area is 181 Å². The molecule has 1 aliphatic carbocycles. The van der Waals surface area contributed by atoms with Gasteiger partial charge in [0.05, 0.1) is 18.7 Å². The molecule has 1 saturated carbocycles. The number of nitrogens with one attached hydrogen (secondary N) is 2. The van der Waals surface area contributed by atoms with E-state index in [1.807, 2.05) is 19.1 Å². The van der Waals surface area contributed by atoms with Crippen LogP contribution in [0.3, 0.4) is 0 Å². The lowest BCUT2D eigenvalue weighted by molar-refractivity contribution is -0.121. The summed E-state index contributed by atoms with van der Waals surface area (Å²) < 4.78 is 11.2. The van der Waals surface area contributed by atoms with Crippen LogP contribution < -0.4 is 15.4 Å². The summed E-state index contributed by atoms with van der Waals surface area (Å²) >= 11 is 0. The van der Waals surface area contributed by atoms with E-state index in [4.69, 9.17) is 9.26 Å². The van der Waals surface area contributed by atoms with E-state index in [2.05, 4.69) is 25.7 Å². The van der Waals surface area contributed by atoms with Crippen molar-refractivity contribution in [2.75, 3.05) is 32.8 Å². The largest absolute Gasteiger partial charge is 0.491 e. The van der Waals surface area contributed by atoms with Crippen LogP contribution in [0.2, 0.25) is 0 Å². The van der Waals surface area contributed by atoms with E-state index in [-0.39, 0.29) is 11.8 Å². The van der Waals surface area contributed by atoms with Gasteiger partial charge in [-0.25, -0.2) is 0 Å². The van der Waals surface area contributed by atoms with Crippen LogP contribution in [0.25, 0.3) is 0 Å². The number of nitrogens with zero attached hydrogens (tertiary/aromatic N) is 3. The normalized spacial score (nSPS) is 19.4. The smallest absolute Gasteiger partial charge is 0.255 e. The lowest BCUT2D eigenvalue weighted by Crippen LogP contribution is -2.35. The number of benzene rings is 1. The van der Waals surface area contributed by atoms with E-state index in [0.717, 1.165) is 24.2 Å². The molecule has 0 bridgehead atoms. The minimum atomic E-state index is -0.175. The molecule has 31 heavy (non-hydrogen) atoms. The Morgan fingerprint density at radius 2 is 2.03 bits per heavy atom. The first-order valence-electron chi connectivity index (χ1n) is 10.9. The highest BCUT2D eigenvalue weighted by molar-refractivity contribution is 5.97. The number of fused-ring (bicyclic) bond motifs is 1. The maximum Gasteiger partial charge on any atom is 0.255 e. The first-order chi connectivity index (χ1) is 15.1. The van der Waals surface area contributed by atoms with E-state index in [1.165, 1.54) is 0 Å². The van der Waals surface area contributed by atoms with Gasteiger partial charge in [-0.3, -0.25) is 14.5 Å². The Morgan fingerprint density at radius 1 is 1.16 bits per heavy atom. The monoisotopic (exact) mass is 427 g/mol. The van der Waals surface area contributed by atoms with E-state index < -0.39 is 0 Å². The van der Waals surface area contributed by atoms with Crippen LogP contribution in [0.4, 0.5) is 0 Å². The Balaban J connectivity index is 1.43. The average molecular weight is 428 g/mol. The second-order valence-corrected chi connectivity index (χ2v) is 8.15. The van der Waals surface area contributed by atoms with Crippen molar-refractivity contribution in [3.8, 4) is 5.75 Å². The van der Waals surface area contributed by atoms with Gasteiger partial charge in [0, 0.05) is 25.4 Å². The predicted octanol–water partition coefficient (Wildman–Crippen LogP) is 1.78. The van der Waals surface area contributed by atoms with Crippen LogP contribution in [0.5, 0.6) is 5.75 Å². The first kappa shape index (κ1) is 21.3. The van der Waals surface area contributed by atoms with Crippen molar-refractivity contribution < 1.29 is 18.8 Å². The van der Waals surface area contributed by atoms with Crippen LogP contribution in [0.15, 0.2) is 22.7 Å². The SMILES string of the molecule is Cc1ccc2c(c1)C(=O)NCCN(Cc1nc(C3CC3)no1)CCCC(=O)NCCO2. The predicted molar refractivity (Wildman–Crippen MR) is 113 cm³/mol. The Bertz CT molecular complexity index is 924. The highest BCUT2D eigenvalue weighted by Crippen LogP contribution is 2.38. The van der Waals surface area contributed by atoms with Crippen LogP contribution in [-0.4, -0.2) is 59.6 Å². The summed E-state index contributed by atoms with van der Waals surface area (Å²) in [5.41, 5.74) is 1.48. The van der Waals surface area contributed by atoms with Gasteiger partial charge in [-0.2, -0.15) is 4.98 Å². The van der Waals surface area contributed by atoms with Crippen molar-refractivity contribution in [1.29, 1.82) is 0 Å². The van der Waals surface area contributed by atoms with Crippen LogP contribution in [0.1, 0.15) is 59.2 Å². The zero-order chi connectivity index (χ0) is 21.6. The van der Waals surface area contributed by atoms with E-state index in [0.29, 0.717) is 75.3 Å². The molecule has 9 heteroatoms. The van der Waals surface area contributed by atoms with Gasteiger partial charge in [0.1, 0.15) is 12.4 Å². The first-order valence-corrected chi connectivity index (χ1v) is 10.9. The number of aromatic nitrogens is 2. The maximum atomic E-state index is 12.8.